The molecule has 0 aliphatic carbocycles. The molecule has 2 aromatic rings. The topological polar surface area (TPSA) is 179 Å². The van der Waals surface area contributed by atoms with Crippen LogP contribution in [-0.2, 0) is 25.7 Å². The average molecular weight is 464 g/mol. The fraction of sp³-hybridized carbons (Fsp3) is 0.550. The van der Waals surface area contributed by atoms with Gasteiger partial charge in [0.15, 0.2) is 5.82 Å². The van der Waals surface area contributed by atoms with E-state index >= 15 is 0 Å². The van der Waals surface area contributed by atoms with Gasteiger partial charge < -0.3 is 20.5 Å². The van der Waals surface area contributed by atoms with Crippen molar-refractivity contribution >= 4 is 23.7 Å². The highest BCUT2D eigenvalue weighted by molar-refractivity contribution is 5.88. The molecule has 0 unspecified atom stereocenters. The molecule has 0 aromatic carbocycles. The number of hydrogen-bond donors (Lipinski definition) is 3. The molecule has 2 atom stereocenters. The van der Waals surface area contributed by atoms with Crippen LogP contribution in [0.2, 0.25) is 0 Å². The molecule has 1 amide bonds. The predicted molar refractivity (Wildman–Crippen MR) is 114 cm³/mol. The van der Waals surface area contributed by atoms with E-state index in [4.69, 9.17) is 4.74 Å². The first-order valence-corrected chi connectivity index (χ1v) is 10.3. The normalized spacial score (nSPS) is 13.1. The molecule has 2 heterocycles. The Bertz CT molecular complexity index is 1060. The Kier molecular flexibility index (Phi) is 8.26. The van der Waals surface area contributed by atoms with E-state index in [1.54, 1.807) is 34.6 Å². The maximum Gasteiger partial charge on any atom is 0.326 e. The summed E-state index contributed by atoms with van der Waals surface area (Å²) in [6.45, 7) is 8.43. The number of anilines is 1. The minimum atomic E-state index is -1.51. The van der Waals surface area contributed by atoms with Crippen molar-refractivity contribution < 1.29 is 28.9 Å². The predicted octanol–water partition coefficient (Wildman–Crippen LogP) is 0.799. The number of carboxylic acid groups (broad SMARTS) is 1. The third-order valence-corrected chi connectivity index (χ3v) is 4.47. The number of nitrogens with zero attached hydrogens (tertiary/aromatic N) is 4. The van der Waals surface area contributed by atoms with Gasteiger partial charge in [-0.3, -0.25) is 19.0 Å². The van der Waals surface area contributed by atoms with Gasteiger partial charge in [-0.15, -0.1) is 0 Å². The molecule has 0 aliphatic rings. The number of carbonyl (C=O) groups is 3. The van der Waals surface area contributed by atoms with Gasteiger partial charge in [-0.25, -0.2) is 14.4 Å². The van der Waals surface area contributed by atoms with E-state index in [0.717, 1.165) is 4.57 Å². The summed E-state index contributed by atoms with van der Waals surface area (Å²) in [4.78, 5) is 53.4. The van der Waals surface area contributed by atoms with Crippen LogP contribution in [0.4, 0.5) is 5.82 Å². The second-order valence-electron chi connectivity index (χ2n) is 8.25. The molecule has 0 saturated heterocycles. The van der Waals surface area contributed by atoms with Gasteiger partial charge in [-0.1, -0.05) is 17.2 Å². The van der Waals surface area contributed by atoms with Gasteiger partial charge in [-0.2, -0.15) is 0 Å². The molecule has 2 aromatic heterocycles. The first-order valence-electron chi connectivity index (χ1n) is 10.3. The van der Waals surface area contributed by atoms with Crippen molar-refractivity contribution in [1.29, 1.82) is 0 Å². The molecule has 0 spiro atoms. The van der Waals surface area contributed by atoms with E-state index in [9.17, 15) is 24.3 Å². The summed E-state index contributed by atoms with van der Waals surface area (Å²) in [6, 6.07) is -2.55. The number of nitrogens with one attached hydrogen (secondary N) is 2. The number of amides is 1. The smallest absolute Gasteiger partial charge is 0.326 e. The second kappa shape index (κ2) is 10.7. The monoisotopic (exact) mass is 464 g/mol. The van der Waals surface area contributed by atoms with Crippen molar-refractivity contribution in [2.45, 2.75) is 71.7 Å². The minimum absolute atomic E-state index is 0.0327. The van der Waals surface area contributed by atoms with Crippen LogP contribution in [0.15, 0.2) is 21.8 Å². The Morgan fingerprint density at radius 3 is 2.52 bits per heavy atom. The highest BCUT2D eigenvalue weighted by Crippen LogP contribution is 2.13. The van der Waals surface area contributed by atoms with Crippen LogP contribution < -0.4 is 16.2 Å². The van der Waals surface area contributed by atoms with Crippen molar-refractivity contribution in [2.75, 3.05) is 5.32 Å². The molecule has 0 radical (unpaired) electrons. The number of aromatic nitrogens is 4. The standard InChI is InChI=1S/C20H28N6O7/c1-6-14(17(28)23-12(19(30)31)9-15(27)32-20(3,4)5)26-8-7-21-16(18(26)29)22-10-13-11(2)24-33-25-13/h7-8,12,14H,6,9-10H2,1-5H3,(H,21,22)(H,23,28)(H,30,31)/t12-,14-/m0/s1. The zero-order valence-corrected chi connectivity index (χ0v) is 19.1. The van der Waals surface area contributed by atoms with E-state index in [-0.39, 0.29) is 18.8 Å². The largest absolute Gasteiger partial charge is 0.480 e. The van der Waals surface area contributed by atoms with Gasteiger partial charge in [0.25, 0.3) is 5.56 Å². The molecule has 33 heavy (non-hydrogen) atoms. The minimum Gasteiger partial charge on any atom is -0.480 e. The zero-order valence-electron chi connectivity index (χ0n) is 19.1. The van der Waals surface area contributed by atoms with Crippen molar-refractivity contribution in [2.24, 2.45) is 0 Å². The quantitative estimate of drug-likeness (QED) is 0.423. The molecule has 180 valence electrons. The lowest BCUT2D eigenvalue weighted by molar-refractivity contribution is -0.158. The number of carboxylic acids is 1. The van der Waals surface area contributed by atoms with Crippen LogP contribution in [-0.4, -0.2) is 54.5 Å². The van der Waals surface area contributed by atoms with Crippen molar-refractivity contribution in [3.8, 4) is 0 Å². The van der Waals surface area contributed by atoms with E-state index < -0.39 is 47.5 Å². The molecule has 13 nitrogen and oxygen atoms in total. The Labute approximate surface area is 189 Å². The van der Waals surface area contributed by atoms with Crippen LogP contribution >= 0.6 is 0 Å². The third-order valence-electron chi connectivity index (χ3n) is 4.47. The summed E-state index contributed by atoms with van der Waals surface area (Å²) in [5.74, 6) is -2.93. The average Bonchev–Trinajstić information content (AvgIpc) is 3.11. The van der Waals surface area contributed by atoms with Crippen molar-refractivity contribution in [3.05, 3.63) is 34.1 Å². The molecular weight excluding hydrogens is 436 g/mol. The first kappa shape index (κ1) is 25.5. The fourth-order valence-electron chi connectivity index (χ4n) is 2.90. The highest BCUT2D eigenvalue weighted by atomic mass is 16.6. The fourth-order valence-corrected chi connectivity index (χ4v) is 2.90. The number of esters is 1. The summed E-state index contributed by atoms with van der Waals surface area (Å²) in [5.41, 5.74) is -0.352. The van der Waals surface area contributed by atoms with Gasteiger partial charge in [-0.05, 0) is 34.1 Å². The number of aliphatic carboxylic acids is 1. The summed E-state index contributed by atoms with van der Waals surface area (Å²) in [6.07, 6.45) is 2.29. The van der Waals surface area contributed by atoms with Crippen LogP contribution in [0.25, 0.3) is 0 Å². The second-order valence-corrected chi connectivity index (χ2v) is 8.25. The van der Waals surface area contributed by atoms with Gasteiger partial charge in [0.2, 0.25) is 5.91 Å². The Balaban J connectivity index is 2.16. The maximum absolute atomic E-state index is 12.9. The van der Waals surface area contributed by atoms with Gasteiger partial charge in [0.1, 0.15) is 29.1 Å². The lowest BCUT2D eigenvalue weighted by Gasteiger charge is -2.23. The summed E-state index contributed by atoms with van der Waals surface area (Å²) >= 11 is 0. The third kappa shape index (κ3) is 7.12. The first-order chi connectivity index (χ1) is 15.4. The van der Waals surface area contributed by atoms with Crippen LogP contribution in [0, 0.1) is 6.92 Å². The molecule has 0 fully saturated rings. The number of aryl methyl sites for hydroxylation is 1. The molecule has 0 aliphatic heterocycles. The van der Waals surface area contributed by atoms with Gasteiger partial charge in [0, 0.05) is 12.4 Å². The lowest BCUT2D eigenvalue weighted by Crippen LogP contribution is -2.47. The Morgan fingerprint density at radius 2 is 1.97 bits per heavy atom. The SMILES string of the molecule is CC[C@@H](C(=O)N[C@@H](CC(=O)OC(C)(C)C)C(=O)O)n1ccnc(NCc2nonc2C)c1=O. The van der Waals surface area contributed by atoms with Gasteiger partial charge >= 0.3 is 11.9 Å². The van der Waals surface area contributed by atoms with E-state index in [1.165, 1.54) is 12.4 Å². The Morgan fingerprint density at radius 1 is 1.27 bits per heavy atom. The van der Waals surface area contributed by atoms with Crippen LogP contribution in [0.1, 0.15) is 58.0 Å². The lowest BCUT2D eigenvalue weighted by atomic mass is 10.1. The summed E-state index contributed by atoms with van der Waals surface area (Å²) in [7, 11) is 0. The Hall–Kier alpha value is -3.77. The van der Waals surface area contributed by atoms with E-state index in [0.29, 0.717) is 11.4 Å². The van der Waals surface area contributed by atoms with Crippen LogP contribution in [0.5, 0.6) is 0 Å². The highest BCUT2D eigenvalue weighted by Gasteiger charge is 2.30. The number of hydrogen-bond acceptors (Lipinski definition) is 10. The molecule has 13 heteroatoms. The zero-order chi connectivity index (χ0) is 24.8. The van der Waals surface area contributed by atoms with E-state index in [2.05, 4.69) is 30.6 Å². The number of carbonyl (C=O) groups excluding carboxylic acids is 2. The molecular formula is C20H28N6O7. The molecule has 2 rings (SSSR count). The van der Waals surface area contributed by atoms with Gasteiger partial charge in [0.05, 0.1) is 13.0 Å². The number of ether oxygens (including phenoxy) is 1. The van der Waals surface area contributed by atoms with Crippen LogP contribution in [0.3, 0.4) is 0 Å². The molecule has 3 N–H and O–H groups in total. The van der Waals surface area contributed by atoms with Crippen molar-refractivity contribution in [3.63, 3.8) is 0 Å². The number of rotatable bonds is 10. The molecule has 0 saturated carbocycles. The maximum atomic E-state index is 12.9. The van der Waals surface area contributed by atoms with E-state index in [1.807, 2.05) is 0 Å². The van der Waals surface area contributed by atoms with Crippen molar-refractivity contribution in [1.82, 2.24) is 25.2 Å². The molecule has 0 bridgehead atoms. The summed E-state index contributed by atoms with van der Waals surface area (Å²) in [5, 5.41) is 22.0. The summed E-state index contributed by atoms with van der Waals surface area (Å²) < 4.78 is 10.9.